The van der Waals surface area contributed by atoms with E-state index >= 15 is 0 Å². The van der Waals surface area contributed by atoms with Gasteiger partial charge in [0.1, 0.15) is 11.8 Å². The van der Waals surface area contributed by atoms with Gasteiger partial charge in [0.05, 0.1) is 36.8 Å². The van der Waals surface area contributed by atoms with Crippen LogP contribution in [0.3, 0.4) is 0 Å². The van der Waals surface area contributed by atoms with E-state index in [1.165, 1.54) is 6.33 Å². The molecule has 10 nitrogen and oxygen atoms in total. The van der Waals surface area contributed by atoms with Crippen molar-refractivity contribution in [2.24, 2.45) is 0 Å². The van der Waals surface area contributed by atoms with Crippen molar-refractivity contribution in [3.05, 3.63) is 12.7 Å². The lowest BCUT2D eigenvalue weighted by atomic mass is 10.2. The molecule has 156 valence electrons. The van der Waals surface area contributed by atoms with Gasteiger partial charge >= 0.3 is 7.60 Å². The van der Waals surface area contributed by atoms with Gasteiger partial charge < -0.3 is 24.5 Å². The maximum atomic E-state index is 13.0. The fourth-order valence-electron chi connectivity index (χ4n) is 3.45. The van der Waals surface area contributed by atoms with Gasteiger partial charge in [-0.25, -0.2) is 15.0 Å². The Morgan fingerprint density at radius 2 is 1.89 bits per heavy atom. The summed E-state index contributed by atoms with van der Waals surface area (Å²) in [5.41, 5.74) is 6.96. The Labute approximate surface area is 164 Å². The summed E-state index contributed by atoms with van der Waals surface area (Å²) in [5.74, 6) is 0.311. The molecule has 3 heterocycles. The fraction of sp³-hybridized carbons (Fsp3) is 0.706. The number of hydrogen-bond acceptors (Lipinski definition) is 9. The van der Waals surface area contributed by atoms with E-state index in [0.29, 0.717) is 36.6 Å². The zero-order valence-corrected chi connectivity index (χ0v) is 17.6. The number of imidazole rings is 1. The molecule has 0 bridgehead atoms. The Balaban J connectivity index is 1.69. The van der Waals surface area contributed by atoms with Gasteiger partial charge in [0.2, 0.25) is 0 Å². The lowest BCUT2D eigenvalue weighted by Crippen LogP contribution is -2.26. The molecule has 2 atom stereocenters. The minimum Gasteiger partial charge on any atom is -0.390 e. The van der Waals surface area contributed by atoms with Crippen LogP contribution in [0.4, 0.5) is 5.82 Å². The predicted octanol–water partition coefficient (Wildman–Crippen LogP) is 1.67. The van der Waals surface area contributed by atoms with Crippen LogP contribution in [0.25, 0.3) is 11.2 Å². The molecule has 0 saturated carbocycles. The van der Waals surface area contributed by atoms with Crippen LogP contribution >= 0.6 is 7.60 Å². The van der Waals surface area contributed by atoms with E-state index in [4.69, 9.17) is 14.8 Å². The van der Waals surface area contributed by atoms with E-state index in [1.807, 2.05) is 37.2 Å². The number of aliphatic hydroxyl groups excluding tert-OH is 1. The molecule has 2 aromatic rings. The van der Waals surface area contributed by atoms with E-state index in [0.717, 1.165) is 0 Å². The highest BCUT2D eigenvalue weighted by molar-refractivity contribution is 7.53. The topological polar surface area (TPSA) is 129 Å². The number of nitrogen functional groups attached to an aromatic ring is 1. The fourth-order valence-corrected chi connectivity index (χ4v) is 5.53. The molecule has 0 unspecified atom stereocenters. The van der Waals surface area contributed by atoms with Gasteiger partial charge in [0, 0.05) is 19.6 Å². The van der Waals surface area contributed by atoms with Crippen LogP contribution in [0.1, 0.15) is 33.7 Å². The number of nitrogens with zero attached hydrogens (tertiary/aromatic N) is 5. The first-order valence-corrected chi connectivity index (χ1v) is 11.2. The second kappa shape index (κ2) is 8.42. The summed E-state index contributed by atoms with van der Waals surface area (Å²) in [6, 6.07) is -0.226. The molecule has 0 amide bonds. The molecule has 1 saturated heterocycles. The molecule has 2 aromatic heterocycles. The summed E-state index contributed by atoms with van der Waals surface area (Å²) in [6.07, 6.45) is 2.29. The maximum Gasteiger partial charge on any atom is 0.332 e. The smallest absolute Gasteiger partial charge is 0.332 e. The average Bonchev–Trinajstić information content (AvgIpc) is 3.15. The van der Waals surface area contributed by atoms with E-state index in [9.17, 15) is 9.67 Å². The van der Waals surface area contributed by atoms with Crippen molar-refractivity contribution in [1.82, 2.24) is 24.4 Å². The van der Waals surface area contributed by atoms with Gasteiger partial charge in [-0.05, 0) is 27.7 Å². The number of rotatable bonds is 8. The Kier molecular flexibility index (Phi) is 6.36. The number of anilines is 1. The van der Waals surface area contributed by atoms with Gasteiger partial charge in [0.15, 0.2) is 11.5 Å². The van der Waals surface area contributed by atoms with Crippen LogP contribution < -0.4 is 5.73 Å². The van der Waals surface area contributed by atoms with Crippen molar-refractivity contribution >= 4 is 24.6 Å². The number of fused-ring (bicyclic) bond motifs is 1. The number of nitrogens with two attached hydrogens (primary N) is 1. The summed E-state index contributed by atoms with van der Waals surface area (Å²) in [7, 11) is -3.21. The Bertz CT molecular complexity index is 843. The molecule has 0 aromatic carbocycles. The van der Waals surface area contributed by atoms with Crippen LogP contribution in [-0.2, 0) is 13.6 Å². The lowest BCUT2D eigenvalue weighted by molar-refractivity contribution is 0.137. The van der Waals surface area contributed by atoms with E-state index in [1.54, 1.807) is 6.33 Å². The second-order valence-electron chi connectivity index (χ2n) is 7.62. The maximum absolute atomic E-state index is 13.0. The largest absolute Gasteiger partial charge is 0.390 e. The average molecular weight is 412 g/mol. The third-order valence-electron chi connectivity index (χ3n) is 4.51. The summed E-state index contributed by atoms with van der Waals surface area (Å²) < 4.78 is 26.0. The standard InChI is InChI=1S/C17H29N6O4P/c1-11(2)26-28(25,27-12(3)4)6-5-22-7-13(14(24)8-22)23-10-21-15-16(18)19-9-20-17(15)23/h9-14,24H,5-8H2,1-4H3,(H2,18,19,20)/t13-,14-/m0/s1. The summed E-state index contributed by atoms with van der Waals surface area (Å²) in [4.78, 5) is 14.5. The van der Waals surface area contributed by atoms with Crippen LogP contribution in [-0.4, -0.2) is 73.6 Å². The Morgan fingerprint density at radius 1 is 1.21 bits per heavy atom. The Morgan fingerprint density at radius 3 is 2.54 bits per heavy atom. The first kappa shape index (κ1) is 21.1. The quantitative estimate of drug-likeness (QED) is 0.622. The van der Waals surface area contributed by atoms with Crippen molar-refractivity contribution in [2.75, 3.05) is 31.5 Å². The van der Waals surface area contributed by atoms with Crippen molar-refractivity contribution in [2.45, 2.75) is 52.0 Å². The van der Waals surface area contributed by atoms with Crippen LogP contribution in [0, 0.1) is 0 Å². The predicted molar refractivity (Wildman–Crippen MR) is 106 cm³/mol. The molecular weight excluding hydrogens is 383 g/mol. The van der Waals surface area contributed by atoms with Gasteiger partial charge in [-0.1, -0.05) is 0 Å². The highest BCUT2D eigenvalue weighted by Crippen LogP contribution is 2.50. The third kappa shape index (κ3) is 4.69. The van der Waals surface area contributed by atoms with Crippen molar-refractivity contribution < 1.29 is 18.7 Å². The second-order valence-corrected chi connectivity index (χ2v) is 9.71. The zero-order chi connectivity index (χ0) is 20.5. The molecule has 3 N–H and O–H groups in total. The molecule has 3 rings (SSSR count). The number of likely N-dealkylation sites (tertiary alicyclic amines) is 1. The molecule has 0 radical (unpaired) electrons. The van der Waals surface area contributed by atoms with Gasteiger partial charge in [-0.3, -0.25) is 9.46 Å². The first-order valence-electron chi connectivity index (χ1n) is 9.48. The van der Waals surface area contributed by atoms with Crippen LogP contribution in [0.15, 0.2) is 12.7 Å². The van der Waals surface area contributed by atoms with Gasteiger partial charge in [-0.15, -0.1) is 0 Å². The van der Waals surface area contributed by atoms with Gasteiger partial charge in [-0.2, -0.15) is 0 Å². The van der Waals surface area contributed by atoms with E-state index < -0.39 is 13.7 Å². The molecule has 1 aliphatic rings. The monoisotopic (exact) mass is 412 g/mol. The zero-order valence-electron chi connectivity index (χ0n) is 16.7. The molecule has 1 aliphatic heterocycles. The number of aromatic nitrogens is 4. The highest BCUT2D eigenvalue weighted by Gasteiger charge is 2.36. The molecule has 1 fully saturated rings. The minimum atomic E-state index is -3.21. The van der Waals surface area contributed by atoms with Crippen molar-refractivity contribution in [3.63, 3.8) is 0 Å². The molecule has 0 aliphatic carbocycles. The van der Waals surface area contributed by atoms with Crippen LogP contribution in [0.2, 0.25) is 0 Å². The van der Waals surface area contributed by atoms with E-state index in [2.05, 4.69) is 15.0 Å². The van der Waals surface area contributed by atoms with Crippen molar-refractivity contribution in [3.8, 4) is 0 Å². The third-order valence-corrected chi connectivity index (χ3v) is 6.75. The SMILES string of the molecule is CC(C)OP(=O)(CCN1C[C@H](O)[C@@H](n2cnc3c(N)ncnc32)C1)OC(C)C. The summed E-state index contributed by atoms with van der Waals surface area (Å²) >= 11 is 0. The molecule has 28 heavy (non-hydrogen) atoms. The molecule has 0 spiro atoms. The number of hydrogen-bond donors (Lipinski definition) is 2. The minimum absolute atomic E-state index is 0.191. The molecular formula is C17H29N6O4P. The molecule has 11 heteroatoms. The Hall–Kier alpha value is -1.58. The lowest BCUT2D eigenvalue weighted by Gasteiger charge is -2.25. The van der Waals surface area contributed by atoms with Crippen molar-refractivity contribution in [1.29, 1.82) is 0 Å². The first-order chi connectivity index (χ1) is 13.2. The van der Waals surface area contributed by atoms with E-state index in [-0.39, 0.29) is 24.4 Å². The summed E-state index contributed by atoms with van der Waals surface area (Å²) in [6.45, 7) is 8.86. The normalized spacial score (nSPS) is 21.4. The number of β-amino-alcohol motifs (C(OH)–C–C–N with tert-alkyl or cyclic N) is 1. The van der Waals surface area contributed by atoms with Gasteiger partial charge in [0.25, 0.3) is 0 Å². The highest BCUT2D eigenvalue weighted by atomic mass is 31.2. The number of aliphatic hydroxyl groups is 1. The van der Waals surface area contributed by atoms with Crippen LogP contribution in [0.5, 0.6) is 0 Å². The summed E-state index contributed by atoms with van der Waals surface area (Å²) in [5, 5.41) is 10.6.